The number of anilines is 1. The van der Waals surface area contributed by atoms with Gasteiger partial charge >= 0.3 is 5.97 Å². The summed E-state index contributed by atoms with van der Waals surface area (Å²) in [6.45, 7) is 7.73. The molecule has 1 aromatic carbocycles. The van der Waals surface area contributed by atoms with Crippen molar-refractivity contribution in [3.8, 4) is 5.69 Å². The molecule has 2 heterocycles. The number of ether oxygens (including phenoxy) is 1. The van der Waals surface area contributed by atoms with Crippen LogP contribution in [0, 0.1) is 19.8 Å². The smallest absolute Gasteiger partial charge is 0.310 e. The van der Waals surface area contributed by atoms with Gasteiger partial charge in [0.15, 0.2) is 0 Å². The Hall–Kier alpha value is -2.67. The SMILES string of the molecule is CCOC(=O)[C@H]1CCCN(CC(=O)Nc2cc(C)nn2-c2ccc(C)cc2)C1. The van der Waals surface area contributed by atoms with Gasteiger partial charge in [-0.2, -0.15) is 5.10 Å². The fourth-order valence-corrected chi connectivity index (χ4v) is 3.51. The van der Waals surface area contributed by atoms with Crippen LogP contribution in [0.2, 0.25) is 0 Å². The molecule has 0 bridgehead atoms. The Labute approximate surface area is 165 Å². The van der Waals surface area contributed by atoms with Crippen molar-refractivity contribution in [1.82, 2.24) is 14.7 Å². The molecule has 7 nitrogen and oxygen atoms in total. The number of benzene rings is 1. The summed E-state index contributed by atoms with van der Waals surface area (Å²) >= 11 is 0. The molecule has 1 saturated heterocycles. The first-order valence-electron chi connectivity index (χ1n) is 9.79. The zero-order valence-corrected chi connectivity index (χ0v) is 16.8. The summed E-state index contributed by atoms with van der Waals surface area (Å²) < 4.78 is 6.87. The van der Waals surface area contributed by atoms with Crippen molar-refractivity contribution < 1.29 is 14.3 Å². The maximum atomic E-state index is 12.6. The number of esters is 1. The molecule has 0 radical (unpaired) electrons. The zero-order chi connectivity index (χ0) is 20.1. The fraction of sp³-hybridized carbons (Fsp3) is 0.476. The van der Waals surface area contributed by atoms with E-state index >= 15 is 0 Å². The number of nitrogens with zero attached hydrogens (tertiary/aromatic N) is 3. The van der Waals surface area contributed by atoms with Crippen LogP contribution < -0.4 is 5.32 Å². The number of piperidine rings is 1. The number of likely N-dealkylation sites (tertiary alicyclic amines) is 1. The molecule has 7 heteroatoms. The second kappa shape index (κ2) is 9.01. The van der Waals surface area contributed by atoms with Gasteiger partial charge in [0.1, 0.15) is 5.82 Å². The second-order valence-corrected chi connectivity index (χ2v) is 7.29. The molecule has 3 rings (SSSR count). The summed E-state index contributed by atoms with van der Waals surface area (Å²) in [6, 6.07) is 9.84. The standard InChI is InChI=1S/C21H28N4O3/c1-4-28-21(27)17-6-5-11-24(13-17)14-20(26)22-19-12-16(3)23-25(19)18-9-7-15(2)8-10-18/h7-10,12,17H,4-6,11,13-14H2,1-3H3,(H,22,26)/t17-/m0/s1. The molecule has 1 aromatic heterocycles. The third-order valence-electron chi connectivity index (χ3n) is 4.87. The van der Waals surface area contributed by atoms with Crippen LogP contribution in [0.1, 0.15) is 31.0 Å². The largest absolute Gasteiger partial charge is 0.466 e. The van der Waals surface area contributed by atoms with E-state index in [0.717, 1.165) is 30.8 Å². The molecule has 0 saturated carbocycles. The number of amides is 1. The highest BCUT2D eigenvalue weighted by Crippen LogP contribution is 2.20. The number of aryl methyl sites for hydroxylation is 2. The number of hydrogen-bond donors (Lipinski definition) is 1. The van der Waals surface area contributed by atoms with E-state index in [1.54, 1.807) is 4.68 Å². The van der Waals surface area contributed by atoms with Crippen LogP contribution in [0.15, 0.2) is 30.3 Å². The molecule has 1 aliphatic rings. The second-order valence-electron chi connectivity index (χ2n) is 7.29. The third kappa shape index (κ3) is 4.98. The van der Waals surface area contributed by atoms with Crippen molar-refractivity contribution >= 4 is 17.7 Å². The summed E-state index contributed by atoms with van der Waals surface area (Å²) in [5, 5.41) is 7.46. The molecule has 1 fully saturated rings. The van der Waals surface area contributed by atoms with Crippen LogP contribution >= 0.6 is 0 Å². The van der Waals surface area contributed by atoms with Crippen molar-refractivity contribution in [2.24, 2.45) is 5.92 Å². The zero-order valence-electron chi connectivity index (χ0n) is 16.8. The lowest BCUT2D eigenvalue weighted by Gasteiger charge is -2.30. The molecule has 0 unspecified atom stereocenters. The van der Waals surface area contributed by atoms with Gasteiger partial charge in [-0.05, 0) is 52.3 Å². The van der Waals surface area contributed by atoms with Crippen LogP contribution in [0.25, 0.3) is 5.69 Å². The Kier molecular flexibility index (Phi) is 6.46. The van der Waals surface area contributed by atoms with E-state index in [0.29, 0.717) is 19.0 Å². The molecule has 1 N–H and O–H groups in total. The number of carbonyl (C=O) groups is 2. The van der Waals surface area contributed by atoms with Gasteiger partial charge in [-0.15, -0.1) is 0 Å². The molecular formula is C21H28N4O3. The van der Waals surface area contributed by atoms with Crippen molar-refractivity contribution in [3.63, 3.8) is 0 Å². The van der Waals surface area contributed by atoms with Gasteiger partial charge in [0.05, 0.1) is 30.5 Å². The number of hydrogen-bond acceptors (Lipinski definition) is 5. The lowest BCUT2D eigenvalue weighted by Crippen LogP contribution is -2.43. The first kappa shape index (κ1) is 20.1. The average Bonchev–Trinajstić information content (AvgIpc) is 3.02. The minimum absolute atomic E-state index is 0.113. The highest BCUT2D eigenvalue weighted by atomic mass is 16.5. The van der Waals surface area contributed by atoms with E-state index in [1.165, 1.54) is 5.56 Å². The van der Waals surface area contributed by atoms with Gasteiger partial charge in [-0.3, -0.25) is 14.5 Å². The Morgan fingerprint density at radius 1 is 1.25 bits per heavy atom. The van der Waals surface area contributed by atoms with Crippen LogP contribution in [-0.4, -0.2) is 52.8 Å². The highest BCUT2D eigenvalue weighted by Gasteiger charge is 2.28. The van der Waals surface area contributed by atoms with Crippen LogP contribution in [0.3, 0.4) is 0 Å². The summed E-state index contributed by atoms with van der Waals surface area (Å²) in [7, 11) is 0. The van der Waals surface area contributed by atoms with Gasteiger partial charge in [-0.25, -0.2) is 4.68 Å². The molecule has 1 aliphatic heterocycles. The molecule has 0 spiro atoms. The van der Waals surface area contributed by atoms with Gasteiger partial charge in [0.2, 0.25) is 5.91 Å². The Morgan fingerprint density at radius 3 is 2.71 bits per heavy atom. The summed E-state index contributed by atoms with van der Waals surface area (Å²) in [6.07, 6.45) is 1.70. The normalized spacial score (nSPS) is 17.3. The van der Waals surface area contributed by atoms with Crippen molar-refractivity contribution in [1.29, 1.82) is 0 Å². The van der Waals surface area contributed by atoms with Gasteiger partial charge in [-0.1, -0.05) is 17.7 Å². The first-order valence-corrected chi connectivity index (χ1v) is 9.79. The quantitative estimate of drug-likeness (QED) is 0.775. The highest BCUT2D eigenvalue weighted by molar-refractivity contribution is 5.91. The molecular weight excluding hydrogens is 356 g/mol. The lowest BCUT2D eigenvalue weighted by molar-refractivity contribution is -0.150. The number of aromatic nitrogens is 2. The van der Waals surface area contributed by atoms with E-state index in [1.807, 2.05) is 56.0 Å². The van der Waals surface area contributed by atoms with Crippen LogP contribution in [-0.2, 0) is 14.3 Å². The monoisotopic (exact) mass is 384 g/mol. The summed E-state index contributed by atoms with van der Waals surface area (Å²) in [5.74, 6) is 0.214. The van der Waals surface area contributed by atoms with E-state index in [-0.39, 0.29) is 24.3 Å². The molecule has 0 aliphatic carbocycles. The maximum absolute atomic E-state index is 12.6. The van der Waals surface area contributed by atoms with E-state index in [4.69, 9.17) is 4.74 Å². The number of carbonyl (C=O) groups excluding carboxylic acids is 2. The van der Waals surface area contributed by atoms with Crippen molar-refractivity contribution in [2.45, 2.75) is 33.6 Å². The molecule has 1 amide bonds. The van der Waals surface area contributed by atoms with Crippen LogP contribution in [0.4, 0.5) is 5.82 Å². The third-order valence-corrected chi connectivity index (χ3v) is 4.87. The minimum atomic E-state index is -0.166. The first-order chi connectivity index (χ1) is 13.5. The fourth-order valence-electron chi connectivity index (χ4n) is 3.51. The topological polar surface area (TPSA) is 76.5 Å². The Bertz CT molecular complexity index is 829. The van der Waals surface area contributed by atoms with E-state index in [9.17, 15) is 9.59 Å². The maximum Gasteiger partial charge on any atom is 0.310 e. The van der Waals surface area contributed by atoms with Crippen molar-refractivity contribution in [3.05, 3.63) is 41.6 Å². The van der Waals surface area contributed by atoms with E-state index < -0.39 is 0 Å². The summed E-state index contributed by atoms with van der Waals surface area (Å²) in [4.78, 5) is 26.6. The lowest BCUT2D eigenvalue weighted by atomic mass is 9.98. The predicted molar refractivity (Wildman–Crippen MR) is 107 cm³/mol. The van der Waals surface area contributed by atoms with Crippen LogP contribution in [0.5, 0.6) is 0 Å². The number of nitrogens with one attached hydrogen (secondary N) is 1. The average molecular weight is 384 g/mol. The van der Waals surface area contributed by atoms with E-state index in [2.05, 4.69) is 10.4 Å². The predicted octanol–water partition coefficient (Wildman–Crippen LogP) is 2.70. The van der Waals surface area contributed by atoms with Crippen molar-refractivity contribution in [2.75, 3.05) is 31.6 Å². The minimum Gasteiger partial charge on any atom is -0.466 e. The summed E-state index contributed by atoms with van der Waals surface area (Å²) in [5.41, 5.74) is 2.89. The number of rotatable bonds is 6. The molecule has 150 valence electrons. The van der Waals surface area contributed by atoms with Gasteiger partial charge in [0.25, 0.3) is 0 Å². The molecule has 28 heavy (non-hydrogen) atoms. The van der Waals surface area contributed by atoms with Gasteiger partial charge in [0, 0.05) is 12.6 Å². The Morgan fingerprint density at radius 2 is 2.00 bits per heavy atom. The Balaban J connectivity index is 1.64. The van der Waals surface area contributed by atoms with Gasteiger partial charge < -0.3 is 10.1 Å². The molecule has 2 aromatic rings. The molecule has 1 atom stereocenters.